The molecule has 1 amide bonds. The third-order valence-electron chi connectivity index (χ3n) is 5.36. The van der Waals surface area contributed by atoms with E-state index in [0.717, 1.165) is 36.1 Å². The number of rotatable bonds is 7. The monoisotopic (exact) mass is 375 g/mol. The Morgan fingerprint density at radius 1 is 1.07 bits per heavy atom. The molecule has 2 heterocycles. The normalized spacial score (nSPS) is 13.6. The Balaban J connectivity index is 1.56. The highest BCUT2D eigenvalue weighted by Crippen LogP contribution is 2.31. The summed E-state index contributed by atoms with van der Waals surface area (Å²) < 4.78 is 11.0. The Hall–Kier alpha value is -3.01. The molecule has 0 bridgehead atoms. The smallest absolute Gasteiger partial charge is 0.258 e. The second-order valence-corrected chi connectivity index (χ2v) is 7.33. The SMILES string of the molecule is C[C@@H](CCc1ccccc1)N(Cc1ccoc1)C(=O)c1cccc2c1OCC2. The predicted octanol–water partition coefficient (Wildman–Crippen LogP) is 4.88. The summed E-state index contributed by atoms with van der Waals surface area (Å²) in [5.41, 5.74) is 4.05. The van der Waals surface area contributed by atoms with Gasteiger partial charge in [-0.2, -0.15) is 0 Å². The number of para-hydroxylation sites is 1. The molecule has 0 fully saturated rings. The highest BCUT2D eigenvalue weighted by molar-refractivity contribution is 5.97. The van der Waals surface area contributed by atoms with Crippen LogP contribution in [0.4, 0.5) is 0 Å². The summed E-state index contributed by atoms with van der Waals surface area (Å²) in [5, 5.41) is 0. The highest BCUT2D eigenvalue weighted by atomic mass is 16.5. The van der Waals surface area contributed by atoms with E-state index >= 15 is 0 Å². The van der Waals surface area contributed by atoms with Crippen LogP contribution in [-0.2, 0) is 19.4 Å². The Morgan fingerprint density at radius 2 is 1.93 bits per heavy atom. The van der Waals surface area contributed by atoms with Crippen LogP contribution in [0.1, 0.15) is 40.4 Å². The number of carbonyl (C=O) groups is 1. The lowest BCUT2D eigenvalue weighted by Crippen LogP contribution is -2.38. The van der Waals surface area contributed by atoms with E-state index in [2.05, 4.69) is 31.2 Å². The number of benzene rings is 2. The number of aryl methyl sites for hydroxylation is 1. The Labute approximate surface area is 165 Å². The number of hydrogen-bond acceptors (Lipinski definition) is 3. The Bertz CT molecular complexity index is 918. The van der Waals surface area contributed by atoms with Crippen LogP contribution in [0.2, 0.25) is 0 Å². The molecule has 4 heteroatoms. The molecule has 4 rings (SSSR count). The van der Waals surface area contributed by atoms with Crippen molar-refractivity contribution in [1.82, 2.24) is 4.90 Å². The third-order valence-corrected chi connectivity index (χ3v) is 5.36. The molecule has 0 unspecified atom stereocenters. The van der Waals surface area contributed by atoms with Crippen LogP contribution in [0.3, 0.4) is 0 Å². The van der Waals surface area contributed by atoms with Gasteiger partial charge in [0.1, 0.15) is 5.75 Å². The quantitative estimate of drug-likeness (QED) is 0.591. The summed E-state index contributed by atoms with van der Waals surface area (Å²) in [4.78, 5) is 15.4. The zero-order chi connectivity index (χ0) is 19.3. The molecule has 4 nitrogen and oxygen atoms in total. The van der Waals surface area contributed by atoms with Gasteiger partial charge in [-0.1, -0.05) is 42.5 Å². The van der Waals surface area contributed by atoms with Crippen LogP contribution >= 0.6 is 0 Å². The van der Waals surface area contributed by atoms with Crippen LogP contribution in [0.15, 0.2) is 71.5 Å². The zero-order valence-electron chi connectivity index (χ0n) is 16.1. The maximum atomic E-state index is 13.5. The second-order valence-electron chi connectivity index (χ2n) is 7.33. The van der Waals surface area contributed by atoms with Gasteiger partial charge >= 0.3 is 0 Å². The molecule has 1 aromatic heterocycles. The van der Waals surface area contributed by atoms with E-state index in [-0.39, 0.29) is 11.9 Å². The Kier molecular flexibility index (Phi) is 5.47. The number of carbonyl (C=O) groups excluding carboxylic acids is 1. The Morgan fingerprint density at radius 3 is 2.71 bits per heavy atom. The lowest BCUT2D eigenvalue weighted by Gasteiger charge is -2.30. The molecule has 3 aromatic rings. The van der Waals surface area contributed by atoms with E-state index in [0.29, 0.717) is 18.7 Å². The van der Waals surface area contributed by atoms with E-state index < -0.39 is 0 Å². The van der Waals surface area contributed by atoms with Gasteiger partial charge in [-0.15, -0.1) is 0 Å². The van der Waals surface area contributed by atoms with Crippen LogP contribution in [0.25, 0.3) is 0 Å². The summed E-state index contributed by atoms with van der Waals surface area (Å²) in [6, 6.07) is 18.3. The van der Waals surface area contributed by atoms with E-state index in [4.69, 9.17) is 9.15 Å². The van der Waals surface area contributed by atoms with Gasteiger partial charge in [-0.05, 0) is 43.0 Å². The van der Waals surface area contributed by atoms with Crippen molar-refractivity contribution in [1.29, 1.82) is 0 Å². The maximum Gasteiger partial charge on any atom is 0.258 e. The molecule has 1 atom stereocenters. The van der Waals surface area contributed by atoms with E-state index in [1.54, 1.807) is 12.5 Å². The van der Waals surface area contributed by atoms with Crippen molar-refractivity contribution in [2.24, 2.45) is 0 Å². The molecule has 28 heavy (non-hydrogen) atoms. The van der Waals surface area contributed by atoms with Gasteiger partial charge in [0.25, 0.3) is 5.91 Å². The minimum absolute atomic E-state index is 0.0144. The number of hydrogen-bond donors (Lipinski definition) is 0. The molecule has 0 radical (unpaired) electrons. The lowest BCUT2D eigenvalue weighted by atomic mass is 10.0. The van der Waals surface area contributed by atoms with Crippen molar-refractivity contribution in [3.05, 3.63) is 89.4 Å². The van der Waals surface area contributed by atoms with E-state index in [9.17, 15) is 4.79 Å². The number of nitrogens with zero attached hydrogens (tertiary/aromatic N) is 1. The number of ether oxygens (including phenoxy) is 1. The van der Waals surface area contributed by atoms with Crippen LogP contribution in [0.5, 0.6) is 5.75 Å². The fraction of sp³-hybridized carbons (Fsp3) is 0.292. The molecular weight excluding hydrogens is 350 g/mol. The maximum absolute atomic E-state index is 13.5. The van der Waals surface area contributed by atoms with Crippen LogP contribution in [-0.4, -0.2) is 23.5 Å². The first kappa shape index (κ1) is 18.4. The van der Waals surface area contributed by atoms with Gasteiger partial charge in [-0.25, -0.2) is 0 Å². The number of furan rings is 1. The molecule has 0 aliphatic carbocycles. The molecular formula is C24H25NO3. The predicted molar refractivity (Wildman–Crippen MR) is 108 cm³/mol. The van der Waals surface area contributed by atoms with Gasteiger partial charge in [0.2, 0.25) is 0 Å². The molecule has 0 spiro atoms. The minimum atomic E-state index is 0.0144. The summed E-state index contributed by atoms with van der Waals surface area (Å²) in [6.07, 6.45) is 6.04. The van der Waals surface area contributed by atoms with Crippen molar-refractivity contribution in [3.8, 4) is 5.75 Å². The van der Waals surface area contributed by atoms with Gasteiger partial charge in [0.15, 0.2) is 0 Å². The van der Waals surface area contributed by atoms with Gasteiger partial charge < -0.3 is 14.1 Å². The molecule has 144 valence electrons. The van der Waals surface area contributed by atoms with Crippen molar-refractivity contribution in [2.45, 2.75) is 38.8 Å². The fourth-order valence-electron chi connectivity index (χ4n) is 3.72. The fourth-order valence-corrected chi connectivity index (χ4v) is 3.72. The first-order valence-corrected chi connectivity index (χ1v) is 9.83. The summed E-state index contributed by atoms with van der Waals surface area (Å²) in [5.74, 6) is 0.764. The van der Waals surface area contributed by atoms with Gasteiger partial charge in [-0.3, -0.25) is 4.79 Å². The highest BCUT2D eigenvalue weighted by Gasteiger charge is 2.27. The minimum Gasteiger partial charge on any atom is -0.492 e. The topological polar surface area (TPSA) is 42.7 Å². The summed E-state index contributed by atoms with van der Waals surface area (Å²) in [6.45, 7) is 3.28. The molecule has 1 aliphatic rings. The van der Waals surface area contributed by atoms with Crippen molar-refractivity contribution in [3.63, 3.8) is 0 Å². The van der Waals surface area contributed by atoms with E-state index in [1.165, 1.54) is 5.56 Å². The molecule has 0 saturated heterocycles. The average molecular weight is 375 g/mol. The van der Waals surface area contributed by atoms with Crippen LogP contribution < -0.4 is 4.74 Å². The molecule has 1 aliphatic heterocycles. The van der Waals surface area contributed by atoms with Crippen LogP contribution in [0, 0.1) is 0 Å². The van der Waals surface area contributed by atoms with Gasteiger partial charge in [0.05, 0.1) is 24.7 Å². The largest absolute Gasteiger partial charge is 0.492 e. The van der Waals surface area contributed by atoms with Crippen molar-refractivity contribution in [2.75, 3.05) is 6.61 Å². The number of amides is 1. The summed E-state index contributed by atoms with van der Waals surface area (Å²) >= 11 is 0. The first-order chi connectivity index (χ1) is 13.7. The summed E-state index contributed by atoms with van der Waals surface area (Å²) in [7, 11) is 0. The van der Waals surface area contributed by atoms with Gasteiger partial charge in [0, 0.05) is 24.6 Å². The number of fused-ring (bicyclic) bond motifs is 1. The third kappa shape index (κ3) is 3.96. The van der Waals surface area contributed by atoms with Crippen molar-refractivity contribution >= 4 is 5.91 Å². The molecule has 2 aromatic carbocycles. The standard InChI is InChI=1S/C24H25NO3/c1-18(10-11-19-6-3-2-4-7-19)25(16-20-12-14-27-17-20)24(26)22-9-5-8-21-13-15-28-23(21)22/h2-9,12,14,17-18H,10-11,13,15-16H2,1H3/t18-/m0/s1. The van der Waals surface area contributed by atoms with E-state index in [1.807, 2.05) is 35.2 Å². The molecule has 0 saturated carbocycles. The van der Waals surface area contributed by atoms with Crippen molar-refractivity contribution < 1.29 is 13.9 Å². The zero-order valence-corrected chi connectivity index (χ0v) is 16.1. The average Bonchev–Trinajstić information content (AvgIpc) is 3.42. The second kappa shape index (κ2) is 8.34. The molecule has 0 N–H and O–H groups in total. The first-order valence-electron chi connectivity index (χ1n) is 9.83. The lowest BCUT2D eigenvalue weighted by molar-refractivity contribution is 0.0663.